The zero-order chi connectivity index (χ0) is 19.4. The first-order chi connectivity index (χ1) is 13.1. The number of carbonyl (C=O) groups excluding carboxylic acids is 1. The van der Waals surface area contributed by atoms with Crippen molar-refractivity contribution in [3.8, 4) is 28.6 Å². The Morgan fingerprint density at radius 1 is 1.00 bits per heavy atom. The molecule has 3 aromatic rings. The first-order valence-electron chi connectivity index (χ1n) is 7.84. The monoisotopic (exact) mass is 371 g/mol. The number of nitrogens with one attached hydrogen (secondary N) is 2. The summed E-state index contributed by atoms with van der Waals surface area (Å²) in [5.74, 6) is 0.346. The molecule has 0 fully saturated rings. The van der Waals surface area contributed by atoms with Crippen LogP contribution in [0, 0.1) is 0 Å². The van der Waals surface area contributed by atoms with Gasteiger partial charge in [0.05, 0.1) is 26.9 Å². The number of methoxy groups -OCH3 is 3. The summed E-state index contributed by atoms with van der Waals surface area (Å²) in [6.07, 6.45) is 0. The van der Waals surface area contributed by atoms with Gasteiger partial charge < -0.3 is 19.5 Å². The van der Waals surface area contributed by atoms with Gasteiger partial charge in [-0.05, 0) is 36.4 Å². The van der Waals surface area contributed by atoms with E-state index in [-0.39, 0.29) is 11.7 Å². The molecule has 2 N–H and O–H groups in total. The highest BCUT2D eigenvalue weighted by atomic mass is 16.5. The summed E-state index contributed by atoms with van der Waals surface area (Å²) in [5, 5.41) is 6.38. The number of hydrogen-bond donors (Lipinski definition) is 2. The van der Waals surface area contributed by atoms with Crippen LogP contribution in [0.25, 0.3) is 11.4 Å². The Labute approximate surface area is 153 Å². The average Bonchev–Trinajstić information content (AvgIpc) is 3.13. The van der Waals surface area contributed by atoms with E-state index in [0.29, 0.717) is 34.1 Å². The molecule has 0 saturated heterocycles. The largest absolute Gasteiger partial charge is 0.493 e. The third kappa shape index (κ3) is 3.61. The lowest BCUT2D eigenvalue weighted by molar-refractivity contribution is 0.102. The van der Waals surface area contributed by atoms with Gasteiger partial charge in [-0.3, -0.25) is 14.3 Å². The second-order valence-corrected chi connectivity index (χ2v) is 5.36. The van der Waals surface area contributed by atoms with Crippen molar-refractivity contribution in [2.24, 2.45) is 0 Å². The molecule has 140 valence electrons. The van der Waals surface area contributed by atoms with Gasteiger partial charge in [0.2, 0.25) is 5.75 Å². The van der Waals surface area contributed by atoms with Crippen LogP contribution in [-0.2, 0) is 0 Å². The summed E-state index contributed by atoms with van der Waals surface area (Å²) in [6, 6.07) is 9.94. The number of amides is 1. The van der Waals surface area contributed by atoms with Crippen LogP contribution < -0.4 is 25.3 Å². The molecule has 1 amide bonds. The van der Waals surface area contributed by atoms with Crippen molar-refractivity contribution in [1.82, 2.24) is 10.1 Å². The number of aromatic amines is 1. The van der Waals surface area contributed by atoms with Gasteiger partial charge in [-0.15, -0.1) is 0 Å². The van der Waals surface area contributed by atoms with Crippen LogP contribution in [0.3, 0.4) is 0 Å². The maximum atomic E-state index is 12.7. The number of rotatable bonds is 6. The molecule has 9 nitrogen and oxygen atoms in total. The lowest BCUT2D eigenvalue weighted by Gasteiger charge is -2.15. The van der Waals surface area contributed by atoms with Crippen LogP contribution in [0.4, 0.5) is 5.69 Å². The van der Waals surface area contributed by atoms with Gasteiger partial charge in [-0.2, -0.15) is 0 Å². The molecule has 1 aromatic heterocycles. The Balaban J connectivity index is 1.84. The van der Waals surface area contributed by atoms with Crippen LogP contribution in [-0.4, -0.2) is 37.4 Å². The van der Waals surface area contributed by atoms with E-state index >= 15 is 0 Å². The van der Waals surface area contributed by atoms with E-state index in [2.05, 4.69) is 20.0 Å². The molecule has 0 aliphatic heterocycles. The van der Waals surface area contributed by atoms with Crippen LogP contribution in [0.5, 0.6) is 17.2 Å². The molecule has 0 saturated carbocycles. The molecule has 0 spiro atoms. The van der Waals surface area contributed by atoms with Crippen LogP contribution in [0.2, 0.25) is 0 Å². The SMILES string of the molecule is COc1ccc(C(=O)Nc2ccc(-c3noc(=O)[nH]3)cc2)c(OC)c1OC. The number of hydrogen-bond acceptors (Lipinski definition) is 7. The topological polar surface area (TPSA) is 116 Å². The first-order valence-corrected chi connectivity index (χ1v) is 7.84. The number of H-pyrrole nitrogens is 1. The van der Waals surface area contributed by atoms with Crippen molar-refractivity contribution < 1.29 is 23.5 Å². The Hall–Kier alpha value is -3.75. The maximum Gasteiger partial charge on any atom is 0.439 e. The molecule has 1 heterocycles. The fraction of sp³-hybridized carbons (Fsp3) is 0.167. The van der Waals surface area contributed by atoms with Gasteiger partial charge in [0.1, 0.15) is 0 Å². The zero-order valence-electron chi connectivity index (χ0n) is 14.9. The standard InChI is InChI=1S/C18H17N3O6/c1-24-13-9-8-12(14(25-2)15(13)26-3)17(22)19-11-6-4-10(5-7-11)16-20-18(23)27-21-16/h4-9H,1-3H3,(H,19,22)(H,20,21,23). The van der Waals surface area contributed by atoms with Crippen LogP contribution >= 0.6 is 0 Å². The minimum Gasteiger partial charge on any atom is -0.493 e. The predicted octanol–water partition coefficient (Wildman–Crippen LogP) is 2.31. The number of benzene rings is 2. The normalized spacial score (nSPS) is 10.3. The lowest BCUT2D eigenvalue weighted by atomic mass is 10.1. The van der Waals surface area contributed by atoms with Gasteiger partial charge in [0, 0.05) is 11.3 Å². The molecular formula is C18H17N3O6. The minimum absolute atomic E-state index is 0.270. The van der Waals surface area contributed by atoms with E-state index in [1.54, 1.807) is 36.4 Å². The average molecular weight is 371 g/mol. The molecule has 27 heavy (non-hydrogen) atoms. The zero-order valence-corrected chi connectivity index (χ0v) is 14.9. The second kappa shape index (κ2) is 7.65. The fourth-order valence-corrected chi connectivity index (χ4v) is 2.54. The minimum atomic E-state index is -0.636. The summed E-state index contributed by atoms with van der Waals surface area (Å²) in [6.45, 7) is 0. The van der Waals surface area contributed by atoms with Crippen molar-refractivity contribution in [3.05, 3.63) is 52.5 Å². The van der Waals surface area contributed by atoms with Crippen molar-refractivity contribution in [2.75, 3.05) is 26.6 Å². The van der Waals surface area contributed by atoms with Crippen LogP contribution in [0.1, 0.15) is 10.4 Å². The molecule has 0 radical (unpaired) electrons. The summed E-state index contributed by atoms with van der Waals surface area (Å²) in [4.78, 5) is 26.1. The molecule has 9 heteroatoms. The van der Waals surface area contributed by atoms with E-state index in [0.717, 1.165) is 0 Å². The van der Waals surface area contributed by atoms with Gasteiger partial charge >= 0.3 is 5.76 Å². The van der Waals surface area contributed by atoms with E-state index in [4.69, 9.17) is 14.2 Å². The molecule has 0 aliphatic rings. The molecule has 0 atom stereocenters. The Morgan fingerprint density at radius 3 is 2.26 bits per heavy atom. The molecule has 2 aromatic carbocycles. The van der Waals surface area contributed by atoms with E-state index in [1.165, 1.54) is 21.3 Å². The number of aromatic nitrogens is 2. The van der Waals surface area contributed by atoms with Gasteiger partial charge in [0.15, 0.2) is 17.3 Å². The van der Waals surface area contributed by atoms with Crippen molar-refractivity contribution >= 4 is 11.6 Å². The highest BCUT2D eigenvalue weighted by Crippen LogP contribution is 2.39. The van der Waals surface area contributed by atoms with Gasteiger partial charge in [0.25, 0.3) is 5.91 Å². The van der Waals surface area contributed by atoms with Crippen molar-refractivity contribution in [2.45, 2.75) is 0 Å². The van der Waals surface area contributed by atoms with E-state index in [9.17, 15) is 9.59 Å². The first kappa shape index (κ1) is 18.1. The summed E-state index contributed by atoms with van der Waals surface area (Å²) < 4.78 is 20.3. The lowest BCUT2D eigenvalue weighted by Crippen LogP contribution is -2.14. The maximum absolute atomic E-state index is 12.7. The van der Waals surface area contributed by atoms with Crippen molar-refractivity contribution in [3.63, 3.8) is 0 Å². The number of anilines is 1. The third-order valence-corrected chi connectivity index (χ3v) is 3.81. The molecule has 0 aliphatic carbocycles. The molecular weight excluding hydrogens is 354 g/mol. The Kier molecular flexibility index (Phi) is 5.11. The number of nitrogens with zero attached hydrogens (tertiary/aromatic N) is 1. The molecule has 0 unspecified atom stereocenters. The predicted molar refractivity (Wildman–Crippen MR) is 96.6 cm³/mol. The molecule has 0 bridgehead atoms. The van der Waals surface area contributed by atoms with Crippen LogP contribution in [0.15, 0.2) is 45.7 Å². The Morgan fingerprint density at radius 2 is 1.70 bits per heavy atom. The summed E-state index contributed by atoms with van der Waals surface area (Å²) in [7, 11) is 4.41. The van der Waals surface area contributed by atoms with Gasteiger partial charge in [-0.1, -0.05) is 5.16 Å². The third-order valence-electron chi connectivity index (χ3n) is 3.81. The van der Waals surface area contributed by atoms with Gasteiger partial charge in [-0.25, -0.2) is 4.79 Å². The summed E-state index contributed by atoms with van der Waals surface area (Å²) in [5.41, 5.74) is 1.48. The van der Waals surface area contributed by atoms with E-state index in [1.807, 2.05) is 0 Å². The number of carbonyl (C=O) groups is 1. The van der Waals surface area contributed by atoms with E-state index < -0.39 is 5.76 Å². The quantitative estimate of drug-likeness (QED) is 0.683. The second-order valence-electron chi connectivity index (χ2n) is 5.36. The summed E-state index contributed by atoms with van der Waals surface area (Å²) >= 11 is 0. The number of ether oxygens (including phenoxy) is 3. The van der Waals surface area contributed by atoms with Crippen molar-refractivity contribution in [1.29, 1.82) is 0 Å². The highest BCUT2D eigenvalue weighted by molar-refractivity contribution is 6.07. The fourth-order valence-electron chi connectivity index (χ4n) is 2.54. The smallest absolute Gasteiger partial charge is 0.439 e. The Bertz CT molecular complexity index is 1010. The molecule has 3 rings (SSSR count). The highest BCUT2D eigenvalue weighted by Gasteiger charge is 2.20.